The van der Waals surface area contributed by atoms with Gasteiger partial charge in [0.1, 0.15) is 5.75 Å². The zero-order chi connectivity index (χ0) is 17.4. The minimum absolute atomic E-state index is 0.0771. The Labute approximate surface area is 146 Å². The molecule has 134 valence electrons. The van der Waals surface area contributed by atoms with Crippen molar-refractivity contribution in [1.82, 2.24) is 5.32 Å². The third-order valence-corrected chi connectivity index (χ3v) is 4.55. The van der Waals surface area contributed by atoms with Crippen LogP contribution in [0.3, 0.4) is 0 Å². The normalized spacial score (nSPS) is 16.3. The van der Waals surface area contributed by atoms with Crippen LogP contribution in [0, 0.1) is 5.92 Å². The lowest BCUT2D eigenvalue weighted by atomic mass is 10.0. The highest BCUT2D eigenvalue weighted by Gasteiger charge is 2.16. The van der Waals surface area contributed by atoms with Gasteiger partial charge in [0, 0.05) is 19.0 Å². The van der Waals surface area contributed by atoms with E-state index < -0.39 is 0 Å². The summed E-state index contributed by atoms with van der Waals surface area (Å²) >= 11 is 0. The van der Waals surface area contributed by atoms with E-state index in [2.05, 4.69) is 31.3 Å². The van der Waals surface area contributed by atoms with Crippen LogP contribution in [0.15, 0.2) is 24.3 Å². The van der Waals surface area contributed by atoms with E-state index in [1.54, 1.807) is 0 Å². The molecule has 2 rings (SSSR count). The summed E-state index contributed by atoms with van der Waals surface area (Å²) in [6.45, 7) is 4.78. The molecule has 1 fully saturated rings. The molecule has 1 aromatic carbocycles. The molecule has 1 atom stereocenters. The first-order valence-electron chi connectivity index (χ1n) is 9.32. The smallest absolute Gasteiger partial charge is 0.220 e. The third kappa shape index (κ3) is 6.52. The lowest BCUT2D eigenvalue weighted by Gasteiger charge is -2.19. The maximum atomic E-state index is 12.1. The molecule has 1 amide bonds. The number of ether oxygens (including phenoxy) is 1. The van der Waals surface area contributed by atoms with Crippen molar-refractivity contribution in [2.75, 3.05) is 6.54 Å². The number of amides is 1. The fourth-order valence-corrected chi connectivity index (χ4v) is 3.31. The number of benzene rings is 1. The Morgan fingerprint density at radius 2 is 2.08 bits per heavy atom. The molecule has 1 aromatic rings. The van der Waals surface area contributed by atoms with Crippen molar-refractivity contribution >= 4 is 5.91 Å². The zero-order valence-electron chi connectivity index (χ0n) is 15.1. The summed E-state index contributed by atoms with van der Waals surface area (Å²) in [6.07, 6.45) is 7.35. The molecule has 0 radical (unpaired) electrons. The second-order valence-electron chi connectivity index (χ2n) is 7.30. The molecule has 1 aliphatic carbocycles. The number of hydrogen-bond donors (Lipinski definition) is 2. The number of carbonyl (C=O) groups is 1. The molecule has 1 unspecified atom stereocenters. The van der Waals surface area contributed by atoms with Gasteiger partial charge in [0.15, 0.2) is 0 Å². The number of aryl methyl sites for hydroxylation is 1. The lowest BCUT2D eigenvalue weighted by molar-refractivity contribution is -0.121. The molecule has 0 aromatic heterocycles. The van der Waals surface area contributed by atoms with Crippen LogP contribution in [0.5, 0.6) is 5.75 Å². The van der Waals surface area contributed by atoms with Gasteiger partial charge in [0.2, 0.25) is 5.91 Å². The number of nitrogens with one attached hydrogen (secondary N) is 1. The minimum Gasteiger partial charge on any atom is -0.490 e. The Balaban J connectivity index is 1.79. The average Bonchev–Trinajstić information content (AvgIpc) is 3.05. The Kier molecular flexibility index (Phi) is 7.57. The van der Waals surface area contributed by atoms with Gasteiger partial charge in [-0.3, -0.25) is 4.79 Å². The van der Waals surface area contributed by atoms with Gasteiger partial charge in [-0.2, -0.15) is 0 Å². The first-order chi connectivity index (χ1) is 11.6. The summed E-state index contributed by atoms with van der Waals surface area (Å²) in [5.41, 5.74) is 6.89. The Hall–Kier alpha value is -1.55. The van der Waals surface area contributed by atoms with E-state index in [9.17, 15) is 4.79 Å². The molecule has 0 aliphatic heterocycles. The van der Waals surface area contributed by atoms with Gasteiger partial charge < -0.3 is 15.8 Å². The highest BCUT2D eigenvalue weighted by Crippen LogP contribution is 2.24. The standard InChI is InChI=1S/C20H32N2O2/c1-15(2)12-17(14-21)22-20(23)11-10-16-6-5-9-19(13-16)24-18-7-3-4-8-18/h5-6,9,13,15,17-18H,3-4,7-8,10-12,14,21H2,1-2H3,(H,22,23). The van der Waals surface area contributed by atoms with Crippen LogP contribution < -0.4 is 15.8 Å². The van der Waals surface area contributed by atoms with Crippen LogP contribution in [0.25, 0.3) is 0 Å². The largest absolute Gasteiger partial charge is 0.490 e. The fourth-order valence-electron chi connectivity index (χ4n) is 3.31. The Morgan fingerprint density at radius 1 is 1.33 bits per heavy atom. The van der Waals surface area contributed by atoms with Crippen molar-refractivity contribution in [1.29, 1.82) is 0 Å². The quantitative estimate of drug-likeness (QED) is 0.728. The first-order valence-corrected chi connectivity index (χ1v) is 9.32. The molecule has 4 nitrogen and oxygen atoms in total. The van der Waals surface area contributed by atoms with Crippen molar-refractivity contribution in [3.63, 3.8) is 0 Å². The van der Waals surface area contributed by atoms with Crippen LogP contribution in [0.4, 0.5) is 0 Å². The second kappa shape index (κ2) is 9.67. The van der Waals surface area contributed by atoms with Gasteiger partial charge in [0.25, 0.3) is 0 Å². The van der Waals surface area contributed by atoms with E-state index in [0.29, 0.717) is 25.0 Å². The number of carbonyl (C=O) groups excluding carboxylic acids is 1. The van der Waals surface area contributed by atoms with Crippen molar-refractivity contribution in [2.24, 2.45) is 11.7 Å². The zero-order valence-corrected chi connectivity index (χ0v) is 15.1. The average molecular weight is 332 g/mol. The third-order valence-electron chi connectivity index (χ3n) is 4.55. The molecule has 3 N–H and O–H groups in total. The van der Waals surface area contributed by atoms with Gasteiger partial charge in [-0.1, -0.05) is 26.0 Å². The summed E-state index contributed by atoms with van der Waals surface area (Å²) in [4.78, 5) is 12.1. The number of hydrogen-bond acceptors (Lipinski definition) is 3. The molecular weight excluding hydrogens is 300 g/mol. The number of rotatable bonds is 9. The predicted octanol–water partition coefficient (Wildman–Crippen LogP) is 3.43. The molecule has 0 saturated heterocycles. The van der Waals surface area contributed by atoms with E-state index in [-0.39, 0.29) is 11.9 Å². The molecule has 4 heteroatoms. The molecule has 24 heavy (non-hydrogen) atoms. The minimum atomic E-state index is 0.0771. The van der Waals surface area contributed by atoms with Crippen LogP contribution in [-0.4, -0.2) is 24.6 Å². The van der Waals surface area contributed by atoms with E-state index >= 15 is 0 Å². The summed E-state index contributed by atoms with van der Waals surface area (Å²) < 4.78 is 6.03. The molecular formula is C20H32N2O2. The highest BCUT2D eigenvalue weighted by molar-refractivity contribution is 5.76. The van der Waals surface area contributed by atoms with Crippen molar-refractivity contribution in [2.45, 2.75) is 70.9 Å². The fraction of sp³-hybridized carbons (Fsp3) is 0.650. The maximum absolute atomic E-state index is 12.1. The van der Waals surface area contributed by atoms with Crippen molar-refractivity contribution < 1.29 is 9.53 Å². The van der Waals surface area contributed by atoms with Crippen molar-refractivity contribution in [3.05, 3.63) is 29.8 Å². The van der Waals surface area contributed by atoms with Crippen LogP contribution in [0.1, 0.15) is 57.9 Å². The van der Waals surface area contributed by atoms with Crippen molar-refractivity contribution in [3.8, 4) is 5.75 Å². The Morgan fingerprint density at radius 3 is 2.75 bits per heavy atom. The highest BCUT2D eigenvalue weighted by atomic mass is 16.5. The number of nitrogens with two attached hydrogens (primary N) is 1. The SMILES string of the molecule is CC(C)CC(CN)NC(=O)CCc1cccc(OC2CCCC2)c1. The van der Waals surface area contributed by atoms with E-state index in [1.165, 1.54) is 12.8 Å². The van der Waals surface area contributed by atoms with Gasteiger partial charge in [-0.25, -0.2) is 0 Å². The maximum Gasteiger partial charge on any atom is 0.220 e. The summed E-state index contributed by atoms with van der Waals surface area (Å²) in [5.74, 6) is 1.54. The van der Waals surface area contributed by atoms with Gasteiger partial charge in [0.05, 0.1) is 6.10 Å². The van der Waals surface area contributed by atoms with E-state index in [0.717, 1.165) is 37.0 Å². The van der Waals surface area contributed by atoms with Crippen LogP contribution in [0.2, 0.25) is 0 Å². The van der Waals surface area contributed by atoms with Crippen LogP contribution >= 0.6 is 0 Å². The molecule has 1 aliphatic rings. The monoisotopic (exact) mass is 332 g/mol. The molecule has 0 heterocycles. The van der Waals surface area contributed by atoms with E-state index in [4.69, 9.17) is 10.5 Å². The first kappa shape index (κ1) is 18.8. The van der Waals surface area contributed by atoms with Gasteiger partial charge in [-0.15, -0.1) is 0 Å². The lowest BCUT2D eigenvalue weighted by Crippen LogP contribution is -2.41. The molecule has 1 saturated carbocycles. The van der Waals surface area contributed by atoms with Crippen LogP contribution in [-0.2, 0) is 11.2 Å². The predicted molar refractivity (Wildman–Crippen MR) is 98.1 cm³/mol. The summed E-state index contributed by atoms with van der Waals surface area (Å²) in [7, 11) is 0. The van der Waals surface area contributed by atoms with Gasteiger partial charge in [-0.05, 0) is 62.1 Å². The Bertz CT molecular complexity index is 510. The summed E-state index contributed by atoms with van der Waals surface area (Å²) in [6, 6.07) is 8.23. The molecule has 0 bridgehead atoms. The summed E-state index contributed by atoms with van der Waals surface area (Å²) in [5, 5.41) is 3.05. The van der Waals surface area contributed by atoms with E-state index in [1.807, 2.05) is 12.1 Å². The topological polar surface area (TPSA) is 64.3 Å². The second-order valence-corrected chi connectivity index (χ2v) is 7.30. The van der Waals surface area contributed by atoms with Gasteiger partial charge >= 0.3 is 0 Å². The molecule has 0 spiro atoms.